The van der Waals surface area contributed by atoms with Gasteiger partial charge in [-0.05, 0) is 30.3 Å². The second kappa shape index (κ2) is 6.73. The molecule has 0 aliphatic heterocycles. The lowest BCUT2D eigenvalue weighted by Crippen LogP contribution is -2.16. The smallest absolute Gasteiger partial charge is 0.261 e. The van der Waals surface area contributed by atoms with Crippen LogP contribution in [0.1, 0.15) is 10.4 Å². The summed E-state index contributed by atoms with van der Waals surface area (Å²) in [4.78, 5) is 17.0. The number of nitrogens with one attached hydrogen (secondary N) is 2. The van der Waals surface area contributed by atoms with E-state index < -0.39 is 23.1 Å². The van der Waals surface area contributed by atoms with Gasteiger partial charge in [0.2, 0.25) is 0 Å². The Bertz CT molecular complexity index is 1420. The molecule has 0 aliphatic rings. The van der Waals surface area contributed by atoms with Crippen molar-refractivity contribution in [2.24, 2.45) is 7.05 Å². The Kier molecular flexibility index (Phi) is 4.02. The summed E-state index contributed by atoms with van der Waals surface area (Å²) in [5.41, 5.74) is 1.98. The Labute approximate surface area is 168 Å². The molecular formula is C21H14F2N6O. The Morgan fingerprint density at radius 3 is 2.80 bits per heavy atom. The number of amides is 1. The number of aromatic amines is 1. The fraction of sp³-hybridized carbons (Fsp3) is 0.0476. The first-order chi connectivity index (χ1) is 14.5. The van der Waals surface area contributed by atoms with Gasteiger partial charge in [-0.1, -0.05) is 6.07 Å². The van der Waals surface area contributed by atoms with Crippen LogP contribution in [0.25, 0.3) is 33.2 Å². The van der Waals surface area contributed by atoms with Crippen molar-refractivity contribution >= 4 is 33.4 Å². The monoisotopic (exact) mass is 404 g/mol. The van der Waals surface area contributed by atoms with Crippen LogP contribution in [0.4, 0.5) is 14.5 Å². The Morgan fingerprint density at radius 1 is 1.13 bits per heavy atom. The van der Waals surface area contributed by atoms with Gasteiger partial charge in [-0.25, -0.2) is 8.78 Å². The molecule has 1 amide bonds. The molecule has 2 aromatic carbocycles. The molecule has 2 N–H and O–H groups in total. The van der Waals surface area contributed by atoms with E-state index in [1.165, 1.54) is 10.9 Å². The summed E-state index contributed by atoms with van der Waals surface area (Å²) in [5, 5.41) is 14.5. The molecule has 0 saturated carbocycles. The quantitative estimate of drug-likeness (QED) is 0.475. The maximum absolute atomic E-state index is 14.8. The maximum atomic E-state index is 14.8. The number of fused-ring (bicyclic) bond motifs is 2. The Morgan fingerprint density at radius 2 is 2.00 bits per heavy atom. The van der Waals surface area contributed by atoms with Gasteiger partial charge >= 0.3 is 0 Å². The van der Waals surface area contributed by atoms with Gasteiger partial charge in [0.15, 0.2) is 0 Å². The number of pyridine rings is 1. The van der Waals surface area contributed by atoms with Crippen molar-refractivity contribution in [1.29, 1.82) is 0 Å². The molecule has 148 valence electrons. The second-order valence-corrected chi connectivity index (χ2v) is 6.75. The molecule has 0 fully saturated rings. The zero-order chi connectivity index (χ0) is 20.8. The van der Waals surface area contributed by atoms with E-state index in [0.717, 1.165) is 17.0 Å². The number of carbonyl (C=O) groups excluding carboxylic acids is 1. The minimum Gasteiger partial charge on any atom is -0.322 e. The van der Waals surface area contributed by atoms with E-state index in [-0.39, 0.29) is 10.9 Å². The van der Waals surface area contributed by atoms with Gasteiger partial charge in [0.1, 0.15) is 22.9 Å². The summed E-state index contributed by atoms with van der Waals surface area (Å²) in [5.74, 6) is -2.80. The lowest BCUT2D eigenvalue weighted by molar-refractivity contribution is 0.101. The van der Waals surface area contributed by atoms with Crippen molar-refractivity contribution in [3.05, 3.63) is 72.1 Å². The number of aromatic nitrogens is 5. The number of carbonyl (C=O) groups is 1. The van der Waals surface area contributed by atoms with Crippen LogP contribution in [0.5, 0.6) is 0 Å². The number of halogens is 2. The number of rotatable bonds is 3. The standard InChI is InChI=1S/C21H14F2N6O/c1-29-17-9-14(22)18(19(23)13(17)10-25-29)21(30)26-11-5-6-15-12(8-11)20(28-27-15)16-4-2-3-7-24-16/h2-10H,1H3,(H,26,30)(H,27,28). The van der Waals surface area contributed by atoms with E-state index in [4.69, 9.17) is 0 Å². The summed E-state index contributed by atoms with van der Waals surface area (Å²) in [6.07, 6.45) is 2.92. The number of hydrogen-bond donors (Lipinski definition) is 2. The van der Waals surface area contributed by atoms with Gasteiger partial charge in [0.05, 0.1) is 28.3 Å². The highest BCUT2D eigenvalue weighted by Crippen LogP contribution is 2.28. The van der Waals surface area contributed by atoms with E-state index in [1.807, 2.05) is 12.1 Å². The SMILES string of the molecule is Cn1ncc2c(F)c(C(=O)Nc3ccc4[nH]nc(-c5ccccn5)c4c3)c(F)cc21. The molecule has 30 heavy (non-hydrogen) atoms. The summed E-state index contributed by atoms with van der Waals surface area (Å²) in [6, 6.07) is 11.6. The van der Waals surface area contributed by atoms with Gasteiger partial charge in [-0.3, -0.25) is 19.6 Å². The van der Waals surface area contributed by atoms with Gasteiger partial charge in [-0.15, -0.1) is 0 Å². The van der Waals surface area contributed by atoms with E-state index in [9.17, 15) is 13.6 Å². The van der Waals surface area contributed by atoms with Crippen LogP contribution >= 0.6 is 0 Å². The van der Waals surface area contributed by atoms with Gasteiger partial charge in [-0.2, -0.15) is 10.2 Å². The third-order valence-electron chi connectivity index (χ3n) is 4.90. The van der Waals surface area contributed by atoms with E-state index >= 15 is 0 Å². The largest absolute Gasteiger partial charge is 0.322 e. The van der Waals surface area contributed by atoms with Gasteiger partial charge in [0, 0.05) is 30.4 Å². The molecule has 0 radical (unpaired) electrons. The van der Waals surface area contributed by atoms with Crippen LogP contribution < -0.4 is 5.32 Å². The number of H-pyrrole nitrogens is 1. The van der Waals surface area contributed by atoms with Crippen molar-refractivity contribution in [3.8, 4) is 11.4 Å². The zero-order valence-corrected chi connectivity index (χ0v) is 15.6. The van der Waals surface area contributed by atoms with Crippen LogP contribution in [0, 0.1) is 11.6 Å². The minimum atomic E-state index is -0.959. The number of nitrogens with zero attached hydrogens (tertiary/aromatic N) is 4. The fourth-order valence-corrected chi connectivity index (χ4v) is 3.41. The Hall–Kier alpha value is -4.14. The number of aryl methyl sites for hydroxylation is 1. The van der Waals surface area contributed by atoms with Gasteiger partial charge < -0.3 is 5.32 Å². The highest BCUT2D eigenvalue weighted by atomic mass is 19.1. The first-order valence-electron chi connectivity index (χ1n) is 9.03. The first kappa shape index (κ1) is 17.9. The second-order valence-electron chi connectivity index (χ2n) is 6.75. The summed E-state index contributed by atoms with van der Waals surface area (Å²) in [6.45, 7) is 0. The van der Waals surface area contributed by atoms with Crippen LogP contribution in [-0.2, 0) is 7.05 Å². The van der Waals surface area contributed by atoms with Crippen molar-refractivity contribution in [2.45, 2.75) is 0 Å². The fourth-order valence-electron chi connectivity index (χ4n) is 3.41. The Balaban J connectivity index is 1.53. The maximum Gasteiger partial charge on any atom is 0.261 e. The predicted octanol–water partition coefficient (Wildman–Crippen LogP) is 4.04. The first-order valence-corrected chi connectivity index (χ1v) is 9.03. The molecule has 5 rings (SSSR count). The molecule has 0 spiro atoms. The zero-order valence-electron chi connectivity index (χ0n) is 15.6. The van der Waals surface area contributed by atoms with Crippen molar-refractivity contribution in [3.63, 3.8) is 0 Å². The molecule has 7 nitrogen and oxygen atoms in total. The molecule has 0 bridgehead atoms. The van der Waals surface area contributed by atoms with Crippen molar-refractivity contribution in [1.82, 2.24) is 25.0 Å². The topological polar surface area (TPSA) is 88.5 Å². The van der Waals surface area contributed by atoms with E-state index in [2.05, 4.69) is 25.6 Å². The minimum absolute atomic E-state index is 0.0757. The molecular weight excluding hydrogens is 390 g/mol. The van der Waals surface area contributed by atoms with Crippen LogP contribution in [0.15, 0.2) is 54.9 Å². The molecule has 0 atom stereocenters. The predicted molar refractivity (Wildman–Crippen MR) is 108 cm³/mol. The van der Waals surface area contributed by atoms with Crippen molar-refractivity contribution < 1.29 is 13.6 Å². The number of benzene rings is 2. The average Bonchev–Trinajstić information content (AvgIpc) is 3.32. The normalized spacial score (nSPS) is 11.3. The number of hydrogen-bond acceptors (Lipinski definition) is 4. The summed E-state index contributed by atoms with van der Waals surface area (Å²) < 4.78 is 30.7. The van der Waals surface area contributed by atoms with E-state index in [0.29, 0.717) is 17.1 Å². The molecule has 0 saturated heterocycles. The van der Waals surface area contributed by atoms with E-state index in [1.54, 1.807) is 37.5 Å². The van der Waals surface area contributed by atoms with Crippen LogP contribution in [-0.4, -0.2) is 30.9 Å². The summed E-state index contributed by atoms with van der Waals surface area (Å²) >= 11 is 0. The van der Waals surface area contributed by atoms with Gasteiger partial charge in [0.25, 0.3) is 5.91 Å². The molecule has 0 unspecified atom stereocenters. The highest BCUT2D eigenvalue weighted by molar-refractivity contribution is 6.08. The number of anilines is 1. The highest BCUT2D eigenvalue weighted by Gasteiger charge is 2.22. The lowest BCUT2D eigenvalue weighted by atomic mass is 10.1. The molecule has 5 aromatic rings. The third kappa shape index (κ3) is 2.79. The average molecular weight is 404 g/mol. The third-order valence-corrected chi connectivity index (χ3v) is 4.90. The molecule has 9 heteroatoms. The molecule has 3 aromatic heterocycles. The van der Waals surface area contributed by atoms with Crippen LogP contribution in [0.3, 0.4) is 0 Å². The van der Waals surface area contributed by atoms with Crippen molar-refractivity contribution in [2.75, 3.05) is 5.32 Å². The molecule has 0 aliphatic carbocycles. The summed E-state index contributed by atoms with van der Waals surface area (Å²) in [7, 11) is 1.57. The lowest BCUT2D eigenvalue weighted by Gasteiger charge is -2.09. The van der Waals surface area contributed by atoms with Crippen LogP contribution in [0.2, 0.25) is 0 Å². The molecule has 3 heterocycles.